The van der Waals surface area contributed by atoms with E-state index in [0.29, 0.717) is 16.9 Å². The van der Waals surface area contributed by atoms with Gasteiger partial charge in [0.25, 0.3) is 5.91 Å². The van der Waals surface area contributed by atoms with Gasteiger partial charge in [-0.2, -0.15) is 5.10 Å². The number of hydrogen-bond donors (Lipinski definition) is 3. The molecule has 0 aliphatic rings. The minimum absolute atomic E-state index is 0.163. The third kappa shape index (κ3) is 3.02. The van der Waals surface area contributed by atoms with E-state index in [9.17, 15) is 9.18 Å². The number of anilines is 1. The second kappa shape index (κ2) is 5.99. The van der Waals surface area contributed by atoms with E-state index in [2.05, 4.69) is 27.4 Å². The SMILES string of the molecule is Cc1[nH]ncc1C(=O)Nc1ccc(C#CCO)c(F)c1. The highest BCUT2D eigenvalue weighted by molar-refractivity contribution is 6.04. The molecule has 3 N–H and O–H groups in total. The zero-order valence-corrected chi connectivity index (χ0v) is 10.7. The van der Waals surface area contributed by atoms with Gasteiger partial charge in [0.15, 0.2) is 0 Å². The first-order valence-electron chi connectivity index (χ1n) is 5.82. The van der Waals surface area contributed by atoms with Crippen molar-refractivity contribution in [1.29, 1.82) is 0 Å². The number of aromatic amines is 1. The number of aromatic nitrogens is 2. The summed E-state index contributed by atoms with van der Waals surface area (Å²) in [5.41, 5.74) is 1.52. The Morgan fingerprint density at radius 3 is 2.95 bits per heavy atom. The molecule has 0 fully saturated rings. The van der Waals surface area contributed by atoms with Crippen molar-refractivity contribution in [3.8, 4) is 11.8 Å². The van der Waals surface area contributed by atoms with Gasteiger partial charge in [0.05, 0.1) is 17.3 Å². The number of nitrogens with zero attached hydrogens (tertiary/aromatic N) is 1. The Labute approximate surface area is 114 Å². The van der Waals surface area contributed by atoms with Gasteiger partial charge in [-0.1, -0.05) is 11.8 Å². The number of halogens is 1. The van der Waals surface area contributed by atoms with Gasteiger partial charge in [-0.3, -0.25) is 9.89 Å². The Balaban J connectivity index is 2.17. The largest absolute Gasteiger partial charge is 0.384 e. The van der Waals surface area contributed by atoms with Crippen LogP contribution in [0.3, 0.4) is 0 Å². The number of carbonyl (C=O) groups excluding carboxylic acids is 1. The summed E-state index contributed by atoms with van der Waals surface area (Å²) in [5, 5.41) is 17.5. The van der Waals surface area contributed by atoms with Crippen LogP contribution < -0.4 is 5.32 Å². The van der Waals surface area contributed by atoms with Gasteiger partial charge >= 0.3 is 0 Å². The summed E-state index contributed by atoms with van der Waals surface area (Å²) in [6.45, 7) is 1.38. The number of nitrogens with one attached hydrogen (secondary N) is 2. The summed E-state index contributed by atoms with van der Waals surface area (Å²) in [6.07, 6.45) is 1.40. The van der Waals surface area contributed by atoms with Gasteiger partial charge < -0.3 is 10.4 Å². The minimum atomic E-state index is -0.562. The van der Waals surface area contributed by atoms with Gasteiger partial charge in [0.2, 0.25) is 0 Å². The molecular formula is C14H12FN3O2. The van der Waals surface area contributed by atoms with Crippen LogP contribution in [0.15, 0.2) is 24.4 Å². The van der Waals surface area contributed by atoms with Crippen LogP contribution in [-0.4, -0.2) is 27.8 Å². The monoisotopic (exact) mass is 273 g/mol. The zero-order valence-electron chi connectivity index (χ0n) is 10.7. The standard InChI is InChI=1S/C14H12FN3O2/c1-9-12(8-16-18-9)14(20)17-11-5-4-10(3-2-6-19)13(15)7-11/h4-5,7-8,19H,6H2,1H3,(H,16,18)(H,17,20). The van der Waals surface area contributed by atoms with E-state index in [1.165, 1.54) is 24.4 Å². The smallest absolute Gasteiger partial charge is 0.259 e. The van der Waals surface area contributed by atoms with Gasteiger partial charge in [-0.15, -0.1) is 0 Å². The first kappa shape index (κ1) is 13.8. The van der Waals surface area contributed by atoms with Gasteiger partial charge in [0, 0.05) is 11.4 Å². The van der Waals surface area contributed by atoms with Crippen LogP contribution in [0.25, 0.3) is 0 Å². The molecule has 1 heterocycles. The number of H-pyrrole nitrogens is 1. The molecule has 5 nitrogen and oxygen atoms in total. The van der Waals surface area contributed by atoms with E-state index in [0.717, 1.165) is 0 Å². The van der Waals surface area contributed by atoms with Crippen molar-refractivity contribution in [2.24, 2.45) is 0 Å². The van der Waals surface area contributed by atoms with Crippen LogP contribution in [0, 0.1) is 24.6 Å². The van der Waals surface area contributed by atoms with E-state index < -0.39 is 5.82 Å². The highest BCUT2D eigenvalue weighted by atomic mass is 19.1. The van der Waals surface area contributed by atoms with Crippen molar-refractivity contribution in [3.05, 3.63) is 47.0 Å². The van der Waals surface area contributed by atoms with E-state index in [-0.39, 0.29) is 18.1 Å². The molecule has 0 radical (unpaired) electrons. The highest BCUT2D eigenvalue weighted by Crippen LogP contribution is 2.15. The molecule has 2 aromatic rings. The third-order valence-corrected chi connectivity index (χ3v) is 2.60. The fourth-order valence-corrected chi connectivity index (χ4v) is 1.61. The number of rotatable bonds is 2. The van der Waals surface area contributed by atoms with Gasteiger partial charge in [-0.05, 0) is 25.1 Å². The molecule has 2 rings (SSSR count). The van der Waals surface area contributed by atoms with Crippen molar-refractivity contribution in [3.63, 3.8) is 0 Å². The number of hydrogen-bond acceptors (Lipinski definition) is 3. The van der Waals surface area contributed by atoms with Crippen molar-refractivity contribution in [2.45, 2.75) is 6.92 Å². The molecule has 6 heteroatoms. The summed E-state index contributed by atoms with van der Waals surface area (Å²) in [4.78, 5) is 11.9. The van der Waals surface area contributed by atoms with Crippen LogP contribution in [-0.2, 0) is 0 Å². The molecule has 0 aliphatic carbocycles. The number of aliphatic hydroxyl groups excluding tert-OH is 1. The molecule has 0 saturated heterocycles. The average Bonchev–Trinajstić information content (AvgIpc) is 2.84. The lowest BCUT2D eigenvalue weighted by Crippen LogP contribution is -2.12. The van der Waals surface area contributed by atoms with Crippen molar-refractivity contribution in [2.75, 3.05) is 11.9 Å². The van der Waals surface area contributed by atoms with E-state index in [1.54, 1.807) is 6.92 Å². The van der Waals surface area contributed by atoms with Gasteiger partial charge in [-0.25, -0.2) is 4.39 Å². The average molecular weight is 273 g/mol. The molecule has 0 atom stereocenters. The fourth-order valence-electron chi connectivity index (χ4n) is 1.61. The van der Waals surface area contributed by atoms with Crippen molar-refractivity contribution < 1.29 is 14.3 Å². The number of aryl methyl sites for hydroxylation is 1. The van der Waals surface area contributed by atoms with E-state index in [4.69, 9.17) is 5.11 Å². The van der Waals surface area contributed by atoms with Gasteiger partial charge in [0.1, 0.15) is 12.4 Å². The van der Waals surface area contributed by atoms with Crippen LogP contribution >= 0.6 is 0 Å². The summed E-state index contributed by atoms with van der Waals surface area (Å²) in [6, 6.07) is 4.16. The molecule has 1 aromatic heterocycles. The summed E-state index contributed by atoms with van der Waals surface area (Å²) < 4.78 is 13.7. The number of benzene rings is 1. The molecule has 0 unspecified atom stereocenters. The topological polar surface area (TPSA) is 78.0 Å². The quantitative estimate of drug-likeness (QED) is 0.725. The molecule has 0 bridgehead atoms. The predicted octanol–water partition coefficient (Wildman–Crippen LogP) is 1.45. The van der Waals surface area contributed by atoms with Crippen LogP contribution in [0.2, 0.25) is 0 Å². The molecular weight excluding hydrogens is 261 g/mol. The van der Waals surface area contributed by atoms with Crippen LogP contribution in [0.4, 0.5) is 10.1 Å². The zero-order chi connectivity index (χ0) is 14.5. The Morgan fingerprint density at radius 2 is 2.35 bits per heavy atom. The van der Waals surface area contributed by atoms with Crippen molar-refractivity contribution >= 4 is 11.6 Å². The predicted molar refractivity (Wildman–Crippen MR) is 71.6 cm³/mol. The maximum atomic E-state index is 13.7. The summed E-state index contributed by atoms with van der Waals surface area (Å²) in [5.74, 6) is 3.91. The lowest BCUT2D eigenvalue weighted by molar-refractivity contribution is 0.102. The first-order chi connectivity index (χ1) is 9.61. The summed E-state index contributed by atoms with van der Waals surface area (Å²) >= 11 is 0. The maximum absolute atomic E-state index is 13.7. The Bertz CT molecular complexity index is 698. The third-order valence-electron chi connectivity index (χ3n) is 2.60. The first-order valence-corrected chi connectivity index (χ1v) is 5.82. The normalized spacial score (nSPS) is 9.75. The van der Waals surface area contributed by atoms with Crippen LogP contribution in [0.5, 0.6) is 0 Å². The maximum Gasteiger partial charge on any atom is 0.259 e. The molecule has 0 spiro atoms. The van der Waals surface area contributed by atoms with E-state index >= 15 is 0 Å². The number of carbonyl (C=O) groups is 1. The second-order valence-electron chi connectivity index (χ2n) is 4.02. The summed E-state index contributed by atoms with van der Waals surface area (Å²) in [7, 11) is 0. The molecule has 1 amide bonds. The Hall–Kier alpha value is -2.65. The Kier molecular flexibility index (Phi) is 4.13. The van der Waals surface area contributed by atoms with Crippen molar-refractivity contribution in [1.82, 2.24) is 10.2 Å². The van der Waals surface area contributed by atoms with Crippen LogP contribution in [0.1, 0.15) is 21.6 Å². The number of amides is 1. The molecule has 1 aromatic carbocycles. The molecule has 102 valence electrons. The highest BCUT2D eigenvalue weighted by Gasteiger charge is 2.11. The lowest BCUT2D eigenvalue weighted by Gasteiger charge is -2.05. The van der Waals surface area contributed by atoms with E-state index in [1.807, 2.05) is 0 Å². The molecule has 0 aliphatic heterocycles. The Morgan fingerprint density at radius 1 is 1.55 bits per heavy atom. The lowest BCUT2D eigenvalue weighted by atomic mass is 10.2. The fraction of sp³-hybridized carbons (Fsp3) is 0.143. The molecule has 20 heavy (non-hydrogen) atoms. The minimum Gasteiger partial charge on any atom is -0.384 e. The molecule has 0 saturated carbocycles. The second-order valence-corrected chi connectivity index (χ2v) is 4.02. The number of aliphatic hydroxyl groups is 1.